The third kappa shape index (κ3) is 7.08. The minimum Gasteiger partial charge on any atom is -0.490 e. The lowest BCUT2D eigenvalue weighted by molar-refractivity contribution is -0.120. The van der Waals surface area contributed by atoms with Crippen LogP contribution >= 0.6 is 0 Å². The van der Waals surface area contributed by atoms with E-state index in [2.05, 4.69) is 5.32 Å². The molecule has 0 fully saturated rings. The number of allylic oxidation sites excluding steroid dienone is 1. The van der Waals surface area contributed by atoms with Crippen molar-refractivity contribution in [2.45, 2.75) is 46.2 Å². The van der Waals surface area contributed by atoms with Crippen LogP contribution in [0.2, 0.25) is 0 Å². The maximum atomic E-state index is 12.2. The lowest BCUT2D eigenvalue weighted by Crippen LogP contribution is -2.39. The Morgan fingerprint density at radius 2 is 1.86 bits per heavy atom. The van der Waals surface area contributed by atoms with E-state index in [1.807, 2.05) is 39.0 Å². The van der Waals surface area contributed by atoms with E-state index in [0.717, 1.165) is 0 Å². The molecule has 0 saturated heterocycles. The molecular weight excluding hydrogens is 356 g/mol. The number of primary amides is 1. The highest BCUT2D eigenvalue weighted by molar-refractivity contribution is 5.93. The van der Waals surface area contributed by atoms with Gasteiger partial charge in [-0.05, 0) is 57.4 Å². The van der Waals surface area contributed by atoms with Gasteiger partial charge in [0.15, 0.2) is 11.5 Å². The van der Waals surface area contributed by atoms with Gasteiger partial charge in [0, 0.05) is 6.04 Å². The molecule has 1 aromatic rings. The fraction of sp³-hybridized carbons (Fsp3) is 0.429. The molecular formula is C21H32N4O3. The summed E-state index contributed by atoms with van der Waals surface area (Å²) in [4.78, 5) is 12.2. The molecule has 0 aromatic heterocycles. The molecule has 0 aliphatic heterocycles. The van der Waals surface area contributed by atoms with Gasteiger partial charge in [0.05, 0.1) is 13.2 Å². The number of nitrogens with one attached hydrogen (secondary N) is 2. The maximum absolute atomic E-state index is 12.2. The summed E-state index contributed by atoms with van der Waals surface area (Å²) in [5.74, 6) is 0.734. The van der Waals surface area contributed by atoms with Crippen molar-refractivity contribution in [2.75, 3.05) is 13.2 Å². The summed E-state index contributed by atoms with van der Waals surface area (Å²) in [6, 6.07) is 4.51. The molecule has 154 valence electrons. The third-order valence-corrected chi connectivity index (χ3v) is 4.09. The summed E-state index contributed by atoms with van der Waals surface area (Å²) in [5.41, 5.74) is 12.6. The van der Waals surface area contributed by atoms with Crippen LogP contribution in [0.25, 0.3) is 0 Å². The monoisotopic (exact) mass is 388 g/mol. The van der Waals surface area contributed by atoms with Gasteiger partial charge in [0.2, 0.25) is 5.91 Å². The van der Waals surface area contributed by atoms with Crippen molar-refractivity contribution in [3.63, 3.8) is 0 Å². The summed E-state index contributed by atoms with van der Waals surface area (Å²) in [7, 11) is 0. The molecule has 1 rings (SSSR count). The molecule has 2 unspecified atom stereocenters. The van der Waals surface area contributed by atoms with Crippen LogP contribution < -0.4 is 26.3 Å². The molecule has 0 heterocycles. The van der Waals surface area contributed by atoms with Crippen LogP contribution in [0.15, 0.2) is 42.0 Å². The zero-order valence-electron chi connectivity index (χ0n) is 17.1. The number of carbonyl (C=O) groups is 1. The molecule has 7 heteroatoms. The standard InChI is InChI=1S/C21H32N4O3/c1-5-8-16(11-9-14(4)20(22)23)25-19(21(24)26)15-10-12-17(27-6-2)18(13-15)28-7-3/h5,8-10,12-13,16,19,25H,6-7,11H2,1-4H3,(H3,22,23)(H2,24,26)/b8-5-,14-9+. The van der Waals surface area contributed by atoms with E-state index >= 15 is 0 Å². The Morgan fingerprint density at radius 3 is 2.39 bits per heavy atom. The highest BCUT2D eigenvalue weighted by Gasteiger charge is 2.22. The normalized spacial score (nSPS) is 13.9. The van der Waals surface area contributed by atoms with Crippen LogP contribution in [0.4, 0.5) is 0 Å². The van der Waals surface area contributed by atoms with E-state index < -0.39 is 11.9 Å². The van der Waals surface area contributed by atoms with E-state index in [0.29, 0.717) is 42.3 Å². The van der Waals surface area contributed by atoms with Gasteiger partial charge in [-0.15, -0.1) is 0 Å². The van der Waals surface area contributed by atoms with E-state index in [-0.39, 0.29) is 11.9 Å². The first-order valence-corrected chi connectivity index (χ1v) is 9.42. The van der Waals surface area contributed by atoms with Crippen molar-refractivity contribution in [2.24, 2.45) is 11.5 Å². The van der Waals surface area contributed by atoms with Gasteiger partial charge in [-0.2, -0.15) is 0 Å². The molecule has 0 radical (unpaired) electrons. The first-order valence-electron chi connectivity index (χ1n) is 9.42. The number of hydrogen-bond acceptors (Lipinski definition) is 5. The predicted octanol–water partition coefficient (Wildman–Crippen LogP) is 2.82. The topological polar surface area (TPSA) is 123 Å². The first kappa shape index (κ1) is 23.2. The first-order chi connectivity index (χ1) is 13.3. The SMILES string of the molecule is C/C=C\C(C/C=C(\C)C(=N)N)NC(C(N)=O)c1ccc(OCC)c(OCC)c1. The molecule has 28 heavy (non-hydrogen) atoms. The summed E-state index contributed by atoms with van der Waals surface area (Å²) in [6.45, 7) is 8.46. The highest BCUT2D eigenvalue weighted by atomic mass is 16.5. The zero-order chi connectivity index (χ0) is 21.1. The Morgan fingerprint density at radius 1 is 1.21 bits per heavy atom. The fourth-order valence-electron chi connectivity index (χ4n) is 2.65. The van der Waals surface area contributed by atoms with Crippen molar-refractivity contribution in [3.05, 3.63) is 47.6 Å². The van der Waals surface area contributed by atoms with Crippen molar-refractivity contribution >= 4 is 11.7 Å². The Kier molecular flexibility index (Phi) is 9.81. The van der Waals surface area contributed by atoms with E-state index in [1.54, 1.807) is 25.1 Å². The molecule has 2 atom stereocenters. The molecule has 0 saturated carbocycles. The quantitative estimate of drug-likeness (QED) is 0.249. The molecule has 1 amide bonds. The Bertz CT molecular complexity index is 728. The van der Waals surface area contributed by atoms with Gasteiger partial charge in [-0.25, -0.2) is 0 Å². The number of ether oxygens (including phenoxy) is 2. The molecule has 7 nitrogen and oxygen atoms in total. The van der Waals surface area contributed by atoms with Crippen LogP contribution in [-0.4, -0.2) is 31.0 Å². The van der Waals surface area contributed by atoms with Crippen LogP contribution in [0.5, 0.6) is 11.5 Å². The van der Waals surface area contributed by atoms with Crippen LogP contribution in [0, 0.1) is 5.41 Å². The molecule has 0 spiro atoms. The van der Waals surface area contributed by atoms with Crippen molar-refractivity contribution in [1.82, 2.24) is 5.32 Å². The summed E-state index contributed by atoms with van der Waals surface area (Å²) in [5, 5.41) is 10.8. The summed E-state index contributed by atoms with van der Waals surface area (Å²) >= 11 is 0. The number of benzene rings is 1. The van der Waals surface area contributed by atoms with Crippen LogP contribution in [0.3, 0.4) is 0 Å². The molecule has 6 N–H and O–H groups in total. The largest absolute Gasteiger partial charge is 0.490 e. The average Bonchev–Trinajstić information content (AvgIpc) is 2.65. The number of amides is 1. The minimum atomic E-state index is -0.706. The van der Waals surface area contributed by atoms with Crippen molar-refractivity contribution in [1.29, 1.82) is 5.41 Å². The number of nitrogens with two attached hydrogens (primary N) is 2. The minimum absolute atomic E-state index is 0.0264. The van der Waals surface area contributed by atoms with Crippen molar-refractivity contribution < 1.29 is 14.3 Å². The maximum Gasteiger partial charge on any atom is 0.239 e. The van der Waals surface area contributed by atoms with Gasteiger partial charge in [0.1, 0.15) is 11.9 Å². The van der Waals surface area contributed by atoms with Crippen LogP contribution in [0.1, 0.15) is 45.7 Å². The molecule has 1 aromatic carbocycles. The van der Waals surface area contributed by atoms with Crippen LogP contribution in [-0.2, 0) is 4.79 Å². The Hall–Kier alpha value is -2.80. The Labute approximate surface area is 167 Å². The summed E-state index contributed by atoms with van der Waals surface area (Å²) < 4.78 is 11.2. The van der Waals surface area contributed by atoms with Gasteiger partial charge >= 0.3 is 0 Å². The van der Waals surface area contributed by atoms with Gasteiger partial charge in [-0.3, -0.25) is 15.5 Å². The average molecular weight is 389 g/mol. The third-order valence-electron chi connectivity index (χ3n) is 4.09. The fourth-order valence-corrected chi connectivity index (χ4v) is 2.65. The second-order valence-corrected chi connectivity index (χ2v) is 6.24. The number of rotatable bonds is 12. The smallest absolute Gasteiger partial charge is 0.239 e. The summed E-state index contributed by atoms with van der Waals surface area (Å²) in [6.07, 6.45) is 6.27. The zero-order valence-corrected chi connectivity index (χ0v) is 17.1. The number of amidine groups is 1. The van der Waals surface area contributed by atoms with E-state index in [4.69, 9.17) is 26.4 Å². The second-order valence-electron chi connectivity index (χ2n) is 6.24. The van der Waals surface area contributed by atoms with Crippen molar-refractivity contribution in [3.8, 4) is 11.5 Å². The molecule has 0 aliphatic carbocycles. The molecule has 0 bridgehead atoms. The van der Waals surface area contributed by atoms with E-state index in [9.17, 15) is 4.79 Å². The number of carbonyl (C=O) groups excluding carboxylic acids is 1. The highest BCUT2D eigenvalue weighted by Crippen LogP contribution is 2.31. The second kappa shape index (κ2) is 11.8. The van der Waals surface area contributed by atoms with E-state index in [1.165, 1.54) is 0 Å². The lowest BCUT2D eigenvalue weighted by Gasteiger charge is -2.22. The number of hydrogen-bond donors (Lipinski definition) is 4. The predicted molar refractivity (Wildman–Crippen MR) is 113 cm³/mol. The molecule has 0 aliphatic rings. The van der Waals surface area contributed by atoms with Gasteiger partial charge < -0.3 is 20.9 Å². The van der Waals surface area contributed by atoms with Gasteiger partial charge in [-0.1, -0.05) is 24.3 Å². The lowest BCUT2D eigenvalue weighted by atomic mass is 10.0. The Balaban J connectivity index is 3.14. The van der Waals surface area contributed by atoms with Gasteiger partial charge in [0.25, 0.3) is 0 Å².